The minimum atomic E-state index is -3.20. The topological polar surface area (TPSA) is 89.3 Å². The van der Waals surface area contributed by atoms with Crippen molar-refractivity contribution in [2.24, 2.45) is 0 Å². The Labute approximate surface area is 145 Å². The molecule has 0 bridgehead atoms. The fourth-order valence-corrected chi connectivity index (χ4v) is 2.80. The van der Waals surface area contributed by atoms with Gasteiger partial charge in [0, 0.05) is 29.3 Å². The molecule has 1 amide bonds. The van der Waals surface area contributed by atoms with E-state index in [-0.39, 0.29) is 12.5 Å². The van der Waals surface area contributed by atoms with E-state index in [4.69, 9.17) is 4.52 Å². The van der Waals surface area contributed by atoms with E-state index < -0.39 is 9.84 Å². The third kappa shape index (κ3) is 4.13. The number of nitrogens with zero attached hydrogens (tertiary/aromatic N) is 1. The summed E-state index contributed by atoms with van der Waals surface area (Å²) in [6.45, 7) is 0.124. The van der Waals surface area contributed by atoms with Crippen molar-refractivity contribution in [3.63, 3.8) is 0 Å². The molecular weight excluding hydrogens is 340 g/mol. The van der Waals surface area contributed by atoms with Crippen molar-refractivity contribution in [3.8, 4) is 11.3 Å². The second-order valence-corrected chi connectivity index (χ2v) is 7.45. The van der Waals surface area contributed by atoms with Gasteiger partial charge in [-0.1, -0.05) is 41.6 Å². The molecule has 7 heteroatoms. The van der Waals surface area contributed by atoms with Crippen LogP contribution in [0.3, 0.4) is 0 Å². The molecule has 25 heavy (non-hydrogen) atoms. The monoisotopic (exact) mass is 356 g/mol. The maximum absolute atomic E-state index is 12.2. The lowest BCUT2D eigenvalue weighted by atomic mass is 10.1. The molecule has 1 aromatic heterocycles. The first-order valence-electron chi connectivity index (χ1n) is 7.54. The van der Waals surface area contributed by atoms with Crippen molar-refractivity contribution in [2.45, 2.75) is 0 Å². The number of fused-ring (bicyclic) bond motifs is 1. The van der Waals surface area contributed by atoms with Gasteiger partial charge in [-0.15, -0.1) is 0 Å². The summed E-state index contributed by atoms with van der Waals surface area (Å²) in [5.41, 5.74) is 1.98. The van der Waals surface area contributed by atoms with Gasteiger partial charge in [-0.2, -0.15) is 0 Å². The van der Waals surface area contributed by atoms with Crippen LogP contribution in [0.5, 0.6) is 0 Å². The van der Waals surface area contributed by atoms with Crippen molar-refractivity contribution in [2.75, 3.05) is 12.8 Å². The summed E-state index contributed by atoms with van der Waals surface area (Å²) in [4.78, 5) is 12.2. The van der Waals surface area contributed by atoms with E-state index in [0.29, 0.717) is 16.8 Å². The van der Waals surface area contributed by atoms with Gasteiger partial charge in [-0.3, -0.25) is 4.79 Å². The highest BCUT2D eigenvalue weighted by Crippen LogP contribution is 2.29. The van der Waals surface area contributed by atoms with E-state index in [1.165, 1.54) is 6.08 Å². The van der Waals surface area contributed by atoms with Crippen LogP contribution in [-0.4, -0.2) is 32.3 Å². The maximum atomic E-state index is 12.2. The summed E-state index contributed by atoms with van der Waals surface area (Å²) >= 11 is 0. The molecule has 0 fully saturated rings. The zero-order valence-corrected chi connectivity index (χ0v) is 14.3. The number of benzene rings is 2. The Hall–Kier alpha value is -2.93. The highest BCUT2D eigenvalue weighted by atomic mass is 32.2. The lowest BCUT2D eigenvalue weighted by Crippen LogP contribution is -2.23. The van der Waals surface area contributed by atoms with Crippen LogP contribution in [-0.2, 0) is 9.84 Å². The van der Waals surface area contributed by atoms with Gasteiger partial charge in [0.05, 0.1) is 5.39 Å². The van der Waals surface area contributed by atoms with Gasteiger partial charge in [0.1, 0.15) is 5.52 Å². The first-order chi connectivity index (χ1) is 11.9. The molecule has 0 unspecified atom stereocenters. The molecule has 0 aliphatic rings. The molecule has 0 atom stereocenters. The third-order valence-corrected chi connectivity index (χ3v) is 4.19. The number of carbonyl (C=O) groups is 1. The lowest BCUT2D eigenvalue weighted by molar-refractivity contribution is 0.0958. The molecule has 2 aromatic carbocycles. The van der Waals surface area contributed by atoms with Gasteiger partial charge in [0.2, 0.25) is 0 Å². The standard InChI is InChI=1S/C18H16N2O4S/c1-25(22,23)11-5-10-19-18(21)14-8-9-16-15(12-14)17(24-20-16)13-6-3-2-4-7-13/h2-9,11-12H,10H2,1H3,(H,19,21). The Morgan fingerprint density at radius 1 is 1.20 bits per heavy atom. The van der Waals surface area contributed by atoms with Crippen molar-refractivity contribution >= 4 is 26.6 Å². The highest BCUT2D eigenvalue weighted by molar-refractivity contribution is 7.93. The summed E-state index contributed by atoms with van der Waals surface area (Å²) in [5, 5.41) is 8.46. The van der Waals surface area contributed by atoms with E-state index in [2.05, 4.69) is 10.5 Å². The Morgan fingerprint density at radius 3 is 2.68 bits per heavy atom. The number of aromatic nitrogens is 1. The highest BCUT2D eigenvalue weighted by Gasteiger charge is 2.13. The Morgan fingerprint density at radius 2 is 1.96 bits per heavy atom. The second-order valence-electron chi connectivity index (χ2n) is 5.52. The van der Waals surface area contributed by atoms with Crippen molar-refractivity contribution in [3.05, 3.63) is 65.6 Å². The fraction of sp³-hybridized carbons (Fsp3) is 0.111. The fourth-order valence-electron chi connectivity index (χ4n) is 2.36. The zero-order valence-electron chi connectivity index (χ0n) is 13.5. The lowest BCUT2D eigenvalue weighted by Gasteiger charge is -2.03. The third-order valence-electron chi connectivity index (χ3n) is 3.50. The van der Waals surface area contributed by atoms with E-state index in [0.717, 1.165) is 22.6 Å². The maximum Gasteiger partial charge on any atom is 0.251 e. The summed E-state index contributed by atoms with van der Waals surface area (Å²) in [7, 11) is -3.20. The van der Waals surface area contributed by atoms with E-state index in [1.54, 1.807) is 18.2 Å². The predicted molar refractivity (Wildman–Crippen MR) is 95.8 cm³/mol. The molecule has 1 N–H and O–H groups in total. The van der Waals surface area contributed by atoms with Gasteiger partial charge in [-0.05, 0) is 18.2 Å². The van der Waals surface area contributed by atoms with Gasteiger partial charge in [0.25, 0.3) is 5.91 Å². The normalized spacial score (nSPS) is 11.9. The average Bonchev–Trinajstić information content (AvgIpc) is 3.01. The minimum Gasteiger partial charge on any atom is -0.355 e. The van der Waals surface area contributed by atoms with Crippen molar-refractivity contribution in [1.29, 1.82) is 0 Å². The zero-order chi connectivity index (χ0) is 17.9. The first-order valence-corrected chi connectivity index (χ1v) is 9.49. The summed E-state index contributed by atoms with van der Waals surface area (Å²) in [6.07, 6.45) is 2.48. The molecule has 1 heterocycles. The minimum absolute atomic E-state index is 0.124. The predicted octanol–water partition coefficient (Wildman–Crippen LogP) is 2.78. The number of hydrogen-bond acceptors (Lipinski definition) is 5. The summed E-state index contributed by atoms with van der Waals surface area (Å²) in [5.74, 6) is 0.294. The molecule has 0 saturated carbocycles. The van der Waals surface area contributed by atoms with Crippen LogP contribution in [0.4, 0.5) is 0 Å². The molecule has 0 aliphatic carbocycles. The quantitative estimate of drug-likeness (QED) is 0.759. The molecule has 128 valence electrons. The van der Waals surface area contributed by atoms with Crippen molar-refractivity contribution < 1.29 is 17.7 Å². The Bertz CT molecular complexity index is 1040. The van der Waals surface area contributed by atoms with Crippen LogP contribution in [0.25, 0.3) is 22.2 Å². The van der Waals surface area contributed by atoms with Gasteiger partial charge < -0.3 is 9.84 Å². The van der Waals surface area contributed by atoms with Gasteiger partial charge in [0.15, 0.2) is 15.6 Å². The number of amides is 1. The second kappa shape index (κ2) is 6.90. The molecule has 3 aromatic rings. The van der Waals surface area contributed by atoms with Crippen LogP contribution in [0.15, 0.2) is 64.5 Å². The first kappa shape index (κ1) is 16.9. The largest absolute Gasteiger partial charge is 0.355 e. The number of rotatable bonds is 5. The van der Waals surface area contributed by atoms with Crippen LogP contribution >= 0.6 is 0 Å². The number of hydrogen-bond donors (Lipinski definition) is 1. The van der Waals surface area contributed by atoms with Crippen molar-refractivity contribution in [1.82, 2.24) is 10.5 Å². The van der Waals surface area contributed by atoms with E-state index in [9.17, 15) is 13.2 Å². The Kier molecular flexibility index (Phi) is 4.67. The molecule has 0 saturated heterocycles. The number of nitrogens with one attached hydrogen (secondary N) is 1. The van der Waals surface area contributed by atoms with Gasteiger partial charge in [-0.25, -0.2) is 8.42 Å². The SMILES string of the molecule is CS(=O)(=O)C=CCNC(=O)c1ccc2noc(-c3ccccc3)c2c1. The number of carbonyl (C=O) groups excluding carboxylic acids is 1. The summed E-state index contributed by atoms with van der Waals surface area (Å²) in [6, 6.07) is 14.6. The smallest absolute Gasteiger partial charge is 0.251 e. The molecule has 0 spiro atoms. The van der Waals surface area contributed by atoms with E-state index in [1.807, 2.05) is 30.3 Å². The molecule has 0 radical (unpaired) electrons. The van der Waals surface area contributed by atoms with E-state index >= 15 is 0 Å². The van der Waals surface area contributed by atoms with Crippen LogP contribution in [0.1, 0.15) is 10.4 Å². The molecule has 6 nitrogen and oxygen atoms in total. The van der Waals surface area contributed by atoms with Crippen LogP contribution in [0, 0.1) is 0 Å². The Balaban J connectivity index is 1.83. The average molecular weight is 356 g/mol. The van der Waals surface area contributed by atoms with Crippen LogP contribution < -0.4 is 5.32 Å². The molecule has 3 rings (SSSR count). The van der Waals surface area contributed by atoms with Crippen LogP contribution in [0.2, 0.25) is 0 Å². The molecule has 0 aliphatic heterocycles. The van der Waals surface area contributed by atoms with Gasteiger partial charge >= 0.3 is 0 Å². The summed E-state index contributed by atoms with van der Waals surface area (Å²) < 4.78 is 27.4. The number of sulfone groups is 1. The molecular formula is C18H16N2O4S.